The van der Waals surface area contributed by atoms with E-state index in [0.29, 0.717) is 5.41 Å². The summed E-state index contributed by atoms with van der Waals surface area (Å²) in [5.41, 5.74) is 1.63. The van der Waals surface area contributed by atoms with E-state index >= 15 is 0 Å². The van der Waals surface area contributed by atoms with Crippen LogP contribution in [0.3, 0.4) is 0 Å². The van der Waals surface area contributed by atoms with E-state index in [1.54, 1.807) is 7.11 Å². The number of nitrogens with zero attached hydrogens (tertiary/aromatic N) is 1. The van der Waals surface area contributed by atoms with Crippen LogP contribution in [0.15, 0.2) is 24.3 Å². The van der Waals surface area contributed by atoms with Crippen LogP contribution in [0.4, 0.5) is 0 Å². The van der Waals surface area contributed by atoms with Gasteiger partial charge >= 0.3 is 0 Å². The van der Waals surface area contributed by atoms with Crippen molar-refractivity contribution in [1.29, 1.82) is 0 Å². The first-order valence-electron chi connectivity index (χ1n) is 7.87. The van der Waals surface area contributed by atoms with Crippen LogP contribution >= 0.6 is 0 Å². The smallest absolute Gasteiger partial charge is 0.119 e. The molecular formula is C17H26N2O2. The van der Waals surface area contributed by atoms with Crippen LogP contribution < -0.4 is 10.1 Å². The quantitative estimate of drug-likeness (QED) is 0.920. The van der Waals surface area contributed by atoms with Gasteiger partial charge in [0.1, 0.15) is 5.75 Å². The van der Waals surface area contributed by atoms with Gasteiger partial charge in [-0.1, -0.05) is 19.1 Å². The Bertz CT molecular complexity index is 472. The maximum Gasteiger partial charge on any atom is 0.119 e. The van der Waals surface area contributed by atoms with Gasteiger partial charge < -0.3 is 14.8 Å². The fraction of sp³-hybridized carbons (Fsp3) is 0.647. The molecule has 0 radical (unpaired) electrons. The van der Waals surface area contributed by atoms with E-state index in [2.05, 4.69) is 29.3 Å². The number of hydrogen-bond donors (Lipinski definition) is 1. The van der Waals surface area contributed by atoms with E-state index in [9.17, 15) is 0 Å². The minimum atomic E-state index is 0.159. The summed E-state index contributed by atoms with van der Waals surface area (Å²) in [6.07, 6.45) is 1.43. The topological polar surface area (TPSA) is 33.7 Å². The molecule has 3 rings (SSSR count). The lowest BCUT2D eigenvalue weighted by atomic mass is 9.89. The molecule has 2 unspecified atom stereocenters. The lowest BCUT2D eigenvalue weighted by Crippen LogP contribution is -2.44. The molecule has 2 fully saturated rings. The molecule has 2 atom stereocenters. The van der Waals surface area contributed by atoms with Crippen molar-refractivity contribution in [2.24, 2.45) is 5.41 Å². The zero-order chi connectivity index (χ0) is 14.7. The predicted molar refractivity (Wildman–Crippen MR) is 83.7 cm³/mol. The maximum atomic E-state index is 5.98. The molecule has 0 spiro atoms. The molecule has 2 aliphatic rings. The first-order valence-corrected chi connectivity index (χ1v) is 7.87. The van der Waals surface area contributed by atoms with Gasteiger partial charge in [0.25, 0.3) is 0 Å². The molecule has 2 aliphatic heterocycles. The molecule has 4 nitrogen and oxygen atoms in total. The van der Waals surface area contributed by atoms with E-state index in [0.717, 1.165) is 45.1 Å². The predicted octanol–water partition coefficient (Wildman–Crippen LogP) is 2.07. The molecule has 1 aromatic carbocycles. The summed E-state index contributed by atoms with van der Waals surface area (Å²) < 4.78 is 11.3. The van der Waals surface area contributed by atoms with Gasteiger partial charge in [-0.25, -0.2) is 0 Å². The molecule has 0 saturated carbocycles. The standard InChI is InChI=1S/C17H26N2O2/c1-17(6-7-18-12-17)13-19-8-9-21-16(11-19)14-4-3-5-15(10-14)20-2/h3-5,10,16,18H,6-9,11-13H2,1-2H3. The van der Waals surface area contributed by atoms with Gasteiger partial charge in [-0.05, 0) is 36.1 Å². The molecule has 1 N–H and O–H groups in total. The Morgan fingerprint density at radius 2 is 2.38 bits per heavy atom. The van der Waals surface area contributed by atoms with Gasteiger partial charge in [0, 0.05) is 26.2 Å². The molecule has 0 amide bonds. The Morgan fingerprint density at radius 1 is 1.48 bits per heavy atom. The van der Waals surface area contributed by atoms with Crippen molar-refractivity contribution in [1.82, 2.24) is 10.2 Å². The van der Waals surface area contributed by atoms with E-state index in [-0.39, 0.29) is 6.10 Å². The largest absolute Gasteiger partial charge is 0.497 e. The molecule has 2 saturated heterocycles. The van der Waals surface area contributed by atoms with Crippen molar-refractivity contribution in [2.75, 3.05) is 46.4 Å². The van der Waals surface area contributed by atoms with Crippen LogP contribution in [0.5, 0.6) is 5.75 Å². The summed E-state index contributed by atoms with van der Waals surface area (Å²) in [6, 6.07) is 8.25. The SMILES string of the molecule is COc1cccc(C2CN(CC3(C)CCNC3)CCO2)c1. The second-order valence-corrected chi connectivity index (χ2v) is 6.61. The van der Waals surface area contributed by atoms with E-state index in [1.165, 1.54) is 12.0 Å². The minimum absolute atomic E-state index is 0.159. The molecule has 0 aliphatic carbocycles. The highest BCUT2D eigenvalue weighted by molar-refractivity contribution is 5.30. The van der Waals surface area contributed by atoms with E-state index < -0.39 is 0 Å². The molecule has 116 valence electrons. The highest BCUT2D eigenvalue weighted by atomic mass is 16.5. The van der Waals surface area contributed by atoms with Gasteiger partial charge in [0.2, 0.25) is 0 Å². The molecule has 0 bridgehead atoms. The number of rotatable bonds is 4. The average molecular weight is 290 g/mol. The summed E-state index contributed by atoms with van der Waals surface area (Å²) in [7, 11) is 1.71. The summed E-state index contributed by atoms with van der Waals surface area (Å²) in [5.74, 6) is 0.903. The lowest BCUT2D eigenvalue weighted by Gasteiger charge is -2.37. The third-order valence-corrected chi connectivity index (χ3v) is 4.68. The zero-order valence-electron chi connectivity index (χ0n) is 13.1. The maximum absolute atomic E-state index is 5.98. The van der Waals surface area contributed by atoms with Crippen LogP contribution in [0.2, 0.25) is 0 Å². The van der Waals surface area contributed by atoms with Gasteiger partial charge in [0.15, 0.2) is 0 Å². The molecule has 4 heteroatoms. The third-order valence-electron chi connectivity index (χ3n) is 4.68. The lowest BCUT2D eigenvalue weighted by molar-refractivity contribution is -0.0401. The van der Waals surface area contributed by atoms with Crippen LogP contribution in [0.1, 0.15) is 25.0 Å². The van der Waals surface area contributed by atoms with E-state index in [1.807, 2.05) is 12.1 Å². The van der Waals surface area contributed by atoms with Gasteiger partial charge in [-0.3, -0.25) is 4.90 Å². The zero-order valence-corrected chi connectivity index (χ0v) is 13.1. The molecular weight excluding hydrogens is 264 g/mol. The fourth-order valence-corrected chi connectivity index (χ4v) is 3.43. The highest BCUT2D eigenvalue weighted by Gasteiger charge is 2.33. The van der Waals surface area contributed by atoms with Crippen LogP contribution in [-0.4, -0.2) is 51.3 Å². The number of nitrogens with one attached hydrogen (secondary N) is 1. The number of methoxy groups -OCH3 is 1. The molecule has 21 heavy (non-hydrogen) atoms. The molecule has 0 aromatic heterocycles. The number of morpholine rings is 1. The van der Waals surface area contributed by atoms with Crippen LogP contribution in [-0.2, 0) is 4.74 Å². The van der Waals surface area contributed by atoms with Crippen molar-refractivity contribution in [3.63, 3.8) is 0 Å². The number of hydrogen-bond acceptors (Lipinski definition) is 4. The normalized spacial score (nSPS) is 30.5. The van der Waals surface area contributed by atoms with Gasteiger partial charge in [-0.15, -0.1) is 0 Å². The Balaban J connectivity index is 1.64. The molecule has 2 heterocycles. The van der Waals surface area contributed by atoms with E-state index in [4.69, 9.17) is 9.47 Å². The Morgan fingerprint density at radius 3 is 3.14 bits per heavy atom. The van der Waals surface area contributed by atoms with Crippen molar-refractivity contribution in [2.45, 2.75) is 19.4 Å². The second-order valence-electron chi connectivity index (χ2n) is 6.61. The Hall–Kier alpha value is -1.10. The van der Waals surface area contributed by atoms with Crippen molar-refractivity contribution in [3.05, 3.63) is 29.8 Å². The first-order chi connectivity index (χ1) is 10.2. The van der Waals surface area contributed by atoms with Crippen LogP contribution in [0.25, 0.3) is 0 Å². The first kappa shape index (κ1) is 14.8. The average Bonchev–Trinajstić information content (AvgIpc) is 2.94. The summed E-state index contributed by atoms with van der Waals surface area (Å²) in [5, 5.41) is 3.49. The highest BCUT2D eigenvalue weighted by Crippen LogP contribution is 2.30. The van der Waals surface area contributed by atoms with Crippen LogP contribution in [0, 0.1) is 5.41 Å². The number of ether oxygens (including phenoxy) is 2. The van der Waals surface area contributed by atoms with Gasteiger partial charge in [0.05, 0.1) is 19.8 Å². The van der Waals surface area contributed by atoms with Crippen molar-refractivity contribution >= 4 is 0 Å². The summed E-state index contributed by atoms with van der Waals surface area (Å²) >= 11 is 0. The summed E-state index contributed by atoms with van der Waals surface area (Å²) in [4.78, 5) is 2.56. The van der Waals surface area contributed by atoms with Crippen molar-refractivity contribution in [3.8, 4) is 5.75 Å². The second kappa shape index (κ2) is 6.34. The Labute approximate surface area is 127 Å². The summed E-state index contributed by atoms with van der Waals surface area (Å²) in [6.45, 7) is 8.66. The van der Waals surface area contributed by atoms with Gasteiger partial charge in [-0.2, -0.15) is 0 Å². The minimum Gasteiger partial charge on any atom is -0.497 e. The number of benzene rings is 1. The monoisotopic (exact) mass is 290 g/mol. The van der Waals surface area contributed by atoms with Crippen molar-refractivity contribution < 1.29 is 9.47 Å². The Kier molecular flexibility index (Phi) is 4.48. The molecule has 1 aromatic rings. The fourth-order valence-electron chi connectivity index (χ4n) is 3.43. The third kappa shape index (κ3) is 3.57.